The van der Waals surface area contributed by atoms with Crippen molar-refractivity contribution >= 4 is 23.3 Å². The molecule has 0 saturated carbocycles. The molecule has 2 N–H and O–H groups in total. The van der Waals surface area contributed by atoms with Crippen molar-refractivity contribution in [2.24, 2.45) is 5.92 Å². The van der Waals surface area contributed by atoms with Crippen molar-refractivity contribution in [3.8, 4) is 0 Å². The highest BCUT2D eigenvalue weighted by molar-refractivity contribution is 6.30. The van der Waals surface area contributed by atoms with Crippen LogP contribution in [0.25, 0.3) is 0 Å². The highest BCUT2D eigenvalue weighted by Gasteiger charge is 2.33. The number of hydrogen-bond acceptors (Lipinski definition) is 3. The lowest BCUT2D eigenvalue weighted by Crippen LogP contribution is -2.19. The quantitative estimate of drug-likeness (QED) is 0.838. The fraction of sp³-hybridized carbons (Fsp3) is 0.250. The summed E-state index contributed by atoms with van der Waals surface area (Å²) in [5, 5.41) is 13.2. The third-order valence-corrected chi connectivity index (χ3v) is 4.91. The molecule has 5 heteroatoms. The zero-order valence-corrected chi connectivity index (χ0v) is 14.8. The molecule has 0 radical (unpaired) electrons. The first-order chi connectivity index (χ1) is 11.9. The monoisotopic (exact) mass is 356 g/mol. The van der Waals surface area contributed by atoms with Crippen molar-refractivity contribution < 1.29 is 9.90 Å². The molecule has 25 heavy (non-hydrogen) atoms. The van der Waals surface area contributed by atoms with Gasteiger partial charge in [-0.05, 0) is 42.9 Å². The summed E-state index contributed by atoms with van der Waals surface area (Å²) in [7, 11) is 2.10. The van der Waals surface area contributed by atoms with Gasteiger partial charge in [0.2, 0.25) is 0 Å². The molecule has 0 bridgehead atoms. The number of carbonyl (C=O) groups is 1. The minimum Gasteiger partial charge on any atom is -0.478 e. The van der Waals surface area contributed by atoms with Crippen LogP contribution >= 0.6 is 11.6 Å². The second-order valence-electron chi connectivity index (χ2n) is 6.52. The van der Waals surface area contributed by atoms with Crippen LogP contribution in [0.15, 0.2) is 60.8 Å². The summed E-state index contributed by atoms with van der Waals surface area (Å²) in [5.74, 6) is -0.376. The van der Waals surface area contributed by atoms with Crippen LogP contribution in [-0.2, 0) is 0 Å². The molecule has 2 atom stereocenters. The van der Waals surface area contributed by atoms with Crippen LogP contribution < -0.4 is 5.32 Å². The van der Waals surface area contributed by atoms with E-state index in [1.165, 1.54) is 5.56 Å². The molecule has 0 aliphatic carbocycles. The molecular weight excluding hydrogens is 336 g/mol. The lowest BCUT2D eigenvalue weighted by atomic mass is 9.87. The summed E-state index contributed by atoms with van der Waals surface area (Å²) in [5.41, 5.74) is 3.14. The SMILES string of the molecule is C=C(Nc1cccc(C(=O)O)c1)[C@H]1CN(C)C[C@@H]1c1ccc(Cl)cc1. The first kappa shape index (κ1) is 17.5. The van der Waals surface area contributed by atoms with Crippen LogP contribution in [0.4, 0.5) is 5.69 Å². The zero-order chi connectivity index (χ0) is 18.0. The number of likely N-dealkylation sites (tertiary alicyclic amines) is 1. The highest BCUT2D eigenvalue weighted by Crippen LogP contribution is 2.36. The first-order valence-electron chi connectivity index (χ1n) is 8.17. The predicted octanol–water partition coefficient (Wildman–Crippen LogP) is 4.31. The largest absolute Gasteiger partial charge is 0.478 e. The molecule has 1 saturated heterocycles. The second kappa shape index (κ2) is 7.30. The van der Waals surface area contributed by atoms with Gasteiger partial charge in [-0.1, -0.05) is 36.4 Å². The van der Waals surface area contributed by atoms with Gasteiger partial charge in [-0.2, -0.15) is 0 Å². The number of carboxylic acid groups (broad SMARTS) is 1. The summed E-state index contributed by atoms with van der Waals surface area (Å²) in [4.78, 5) is 13.4. The van der Waals surface area contributed by atoms with E-state index in [1.807, 2.05) is 18.2 Å². The Bertz CT molecular complexity index is 789. The molecule has 2 aromatic carbocycles. The number of nitrogens with one attached hydrogen (secondary N) is 1. The van der Waals surface area contributed by atoms with Gasteiger partial charge in [0.1, 0.15) is 0 Å². The van der Waals surface area contributed by atoms with Gasteiger partial charge in [0.15, 0.2) is 0 Å². The van der Waals surface area contributed by atoms with Crippen molar-refractivity contribution in [3.63, 3.8) is 0 Å². The molecule has 1 heterocycles. The standard InChI is InChI=1S/C20H21ClN2O2/c1-13(22-17-5-3-4-15(10-17)20(24)25)18-11-23(2)12-19(18)14-6-8-16(21)9-7-14/h3-10,18-19,22H,1,11-12H2,2H3,(H,24,25)/t18-,19-/m1/s1. The molecular formula is C20H21ClN2O2. The van der Waals surface area contributed by atoms with Crippen LogP contribution in [0.1, 0.15) is 21.8 Å². The van der Waals surface area contributed by atoms with Gasteiger partial charge >= 0.3 is 5.97 Å². The molecule has 2 aromatic rings. The van der Waals surface area contributed by atoms with E-state index >= 15 is 0 Å². The van der Waals surface area contributed by atoms with Crippen molar-refractivity contribution in [1.82, 2.24) is 4.90 Å². The smallest absolute Gasteiger partial charge is 0.335 e. The van der Waals surface area contributed by atoms with E-state index in [1.54, 1.807) is 18.2 Å². The number of likely N-dealkylation sites (N-methyl/N-ethyl adjacent to an activating group) is 1. The van der Waals surface area contributed by atoms with Gasteiger partial charge in [0.25, 0.3) is 0 Å². The highest BCUT2D eigenvalue weighted by atomic mass is 35.5. The molecule has 0 amide bonds. The number of aromatic carboxylic acids is 1. The zero-order valence-electron chi connectivity index (χ0n) is 14.1. The van der Waals surface area contributed by atoms with E-state index in [-0.39, 0.29) is 11.5 Å². The van der Waals surface area contributed by atoms with E-state index in [9.17, 15) is 4.79 Å². The average molecular weight is 357 g/mol. The van der Waals surface area contributed by atoms with E-state index in [4.69, 9.17) is 16.7 Å². The van der Waals surface area contributed by atoms with Gasteiger partial charge in [0.05, 0.1) is 5.56 Å². The average Bonchev–Trinajstić information content (AvgIpc) is 2.98. The minimum atomic E-state index is -0.936. The Balaban J connectivity index is 1.78. The Morgan fingerprint density at radius 3 is 2.64 bits per heavy atom. The van der Waals surface area contributed by atoms with Crippen LogP contribution in [-0.4, -0.2) is 36.1 Å². The normalized spacial score (nSPS) is 20.4. The Morgan fingerprint density at radius 1 is 1.24 bits per heavy atom. The summed E-state index contributed by atoms with van der Waals surface area (Å²) < 4.78 is 0. The van der Waals surface area contributed by atoms with Crippen LogP contribution in [0.2, 0.25) is 5.02 Å². The number of halogens is 1. The van der Waals surface area contributed by atoms with E-state index < -0.39 is 5.97 Å². The van der Waals surface area contributed by atoms with E-state index in [0.717, 1.165) is 29.5 Å². The van der Waals surface area contributed by atoms with Crippen LogP contribution in [0.5, 0.6) is 0 Å². The van der Waals surface area contributed by atoms with Crippen molar-refractivity contribution in [1.29, 1.82) is 0 Å². The van der Waals surface area contributed by atoms with Gasteiger partial charge in [-0.25, -0.2) is 4.79 Å². The number of anilines is 1. The molecule has 0 spiro atoms. The second-order valence-corrected chi connectivity index (χ2v) is 6.96. The van der Waals surface area contributed by atoms with Gasteiger partial charge in [0, 0.05) is 41.3 Å². The molecule has 1 aliphatic rings. The van der Waals surface area contributed by atoms with Gasteiger partial charge in [-0.3, -0.25) is 0 Å². The lowest BCUT2D eigenvalue weighted by molar-refractivity contribution is 0.0697. The summed E-state index contributed by atoms with van der Waals surface area (Å²) >= 11 is 6.01. The first-order valence-corrected chi connectivity index (χ1v) is 8.55. The Hall–Kier alpha value is -2.30. The number of benzene rings is 2. The molecule has 130 valence electrons. The minimum absolute atomic E-state index is 0.236. The Labute approximate surface area is 152 Å². The van der Waals surface area contributed by atoms with Gasteiger partial charge in [-0.15, -0.1) is 0 Å². The van der Waals surface area contributed by atoms with Crippen molar-refractivity contribution in [2.75, 3.05) is 25.5 Å². The van der Waals surface area contributed by atoms with Gasteiger partial charge < -0.3 is 15.3 Å². The fourth-order valence-corrected chi connectivity index (χ4v) is 3.54. The van der Waals surface area contributed by atoms with Crippen molar-refractivity contribution in [2.45, 2.75) is 5.92 Å². The molecule has 0 unspecified atom stereocenters. The summed E-state index contributed by atoms with van der Waals surface area (Å²) in [6, 6.07) is 14.8. The maximum atomic E-state index is 11.1. The Kier molecular flexibility index (Phi) is 5.11. The lowest BCUT2D eigenvalue weighted by Gasteiger charge is -2.22. The topological polar surface area (TPSA) is 52.6 Å². The summed E-state index contributed by atoms with van der Waals surface area (Å²) in [6.45, 7) is 6.07. The molecule has 4 nitrogen and oxygen atoms in total. The number of rotatable bonds is 5. The number of nitrogens with zero attached hydrogens (tertiary/aromatic N) is 1. The third-order valence-electron chi connectivity index (χ3n) is 4.66. The fourth-order valence-electron chi connectivity index (χ4n) is 3.41. The van der Waals surface area contributed by atoms with Crippen molar-refractivity contribution in [3.05, 3.63) is 77.0 Å². The summed E-state index contributed by atoms with van der Waals surface area (Å²) in [6.07, 6.45) is 0. The molecule has 3 rings (SSSR count). The maximum absolute atomic E-state index is 11.1. The number of hydrogen-bond donors (Lipinski definition) is 2. The predicted molar refractivity (Wildman–Crippen MR) is 101 cm³/mol. The number of carboxylic acids is 1. The molecule has 1 aliphatic heterocycles. The Morgan fingerprint density at radius 2 is 1.96 bits per heavy atom. The maximum Gasteiger partial charge on any atom is 0.335 e. The van der Waals surface area contributed by atoms with E-state index in [0.29, 0.717) is 5.92 Å². The molecule has 1 fully saturated rings. The van der Waals surface area contributed by atoms with E-state index in [2.05, 4.69) is 36.0 Å². The van der Waals surface area contributed by atoms with Crippen LogP contribution in [0.3, 0.4) is 0 Å². The third kappa shape index (κ3) is 4.03. The van der Waals surface area contributed by atoms with Crippen LogP contribution in [0, 0.1) is 5.92 Å². The molecule has 0 aromatic heterocycles.